The number of fused-ring (bicyclic) bond motifs is 5. The van der Waals surface area contributed by atoms with Gasteiger partial charge in [0.2, 0.25) is 0 Å². The van der Waals surface area contributed by atoms with Gasteiger partial charge >= 0.3 is 0 Å². The molecule has 0 aromatic carbocycles. The van der Waals surface area contributed by atoms with E-state index in [9.17, 15) is 8.42 Å². The maximum absolute atomic E-state index is 11.8. The second-order valence-corrected chi connectivity index (χ2v) is 16.4. The van der Waals surface area contributed by atoms with Gasteiger partial charge in [0.25, 0.3) is 10.1 Å². The van der Waals surface area contributed by atoms with E-state index in [2.05, 4.69) is 48.5 Å². The van der Waals surface area contributed by atoms with Gasteiger partial charge in [0.05, 0.1) is 12.9 Å². The summed E-state index contributed by atoms with van der Waals surface area (Å²) in [4.78, 5) is 0. The second kappa shape index (κ2) is 10.2. The normalized spacial score (nSPS) is 44.3. The molecule has 0 heterocycles. The Morgan fingerprint density at radius 2 is 1.51 bits per heavy atom. The quantitative estimate of drug-likeness (QED) is 0.310. The van der Waals surface area contributed by atoms with Gasteiger partial charge in [-0.3, -0.25) is 4.18 Å². The van der Waals surface area contributed by atoms with E-state index in [1.54, 1.807) is 0 Å². The molecule has 0 saturated heterocycles. The van der Waals surface area contributed by atoms with Gasteiger partial charge in [-0.25, -0.2) is 0 Å². The molecule has 0 aromatic rings. The lowest BCUT2D eigenvalue weighted by Crippen LogP contribution is -2.54. The molecule has 0 N–H and O–H groups in total. The molecule has 0 aliphatic heterocycles. The fourth-order valence-electron chi connectivity index (χ4n) is 10.6. The summed E-state index contributed by atoms with van der Waals surface area (Å²) >= 11 is 0. The Labute approximate surface area is 218 Å². The van der Waals surface area contributed by atoms with Crippen LogP contribution < -0.4 is 0 Å². The largest absolute Gasteiger partial charge is 0.270 e. The Bertz CT molecular complexity index is 836. The lowest BCUT2D eigenvalue weighted by atomic mass is 9.43. The predicted octanol–water partition coefficient (Wildman–Crippen LogP) is 8.19. The third-order valence-corrected chi connectivity index (χ3v) is 13.3. The smallest absolute Gasteiger partial charge is 0.264 e. The van der Waals surface area contributed by atoms with E-state index in [1.165, 1.54) is 64.0 Å². The van der Waals surface area contributed by atoms with Crippen molar-refractivity contribution in [1.29, 1.82) is 0 Å². The highest BCUT2D eigenvalue weighted by Crippen LogP contribution is 2.69. The Kier molecular flexibility index (Phi) is 8.17. The standard InChI is InChI=1S/C31H56O3S/c1-20(2)23(5)24(19-34-35(8,32)33)18-22(4)27-13-14-28-25-11-12-26-21(3)10-9-16-30(26,6)29(25)15-17-31(27,28)7/h20-29H,9-19H2,1-8H3/t21-,22-,23-,24-,25+,26+,27-,28+,29+,30+,31-/m1/s1. The van der Waals surface area contributed by atoms with Crippen LogP contribution in [0.3, 0.4) is 0 Å². The molecule has 0 aromatic heterocycles. The molecule has 204 valence electrons. The van der Waals surface area contributed by atoms with Gasteiger partial charge < -0.3 is 0 Å². The zero-order valence-corrected chi connectivity index (χ0v) is 25.0. The van der Waals surface area contributed by atoms with Crippen molar-refractivity contribution in [2.24, 2.45) is 70.0 Å². The van der Waals surface area contributed by atoms with Crippen molar-refractivity contribution in [2.75, 3.05) is 12.9 Å². The first-order chi connectivity index (χ1) is 16.3. The van der Waals surface area contributed by atoms with E-state index in [0.29, 0.717) is 41.1 Å². The second-order valence-electron chi connectivity index (χ2n) is 14.7. The van der Waals surface area contributed by atoms with Gasteiger partial charge in [-0.15, -0.1) is 0 Å². The van der Waals surface area contributed by atoms with E-state index in [-0.39, 0.29) is 0 Å². The van der Waals surface area contributed by atoms with Crippen LogP contribution in [0.5, 0.6) is 0 Å². The summed E-state index contributed by atoms with van der Waals surface area (Å²) in [5.41, 5.74) is 1.06. The van der Waals surface area contributed by atoms with Gasteiger partial charge in [-0.05, 0) is 121 Å². The summed E-state index contributed by atoms with van der Waals surface area (Å²) in [7, 11) is -3.40. The van der Waals surface area contributed by atoms with Crippen molar-refractivity contribution in [3.8, 4) is 0 Å². The van der Waals surface area contributed by atoms with Crippen LogP contribution >= 0.6 is 0 Å². The molecular formula is C31H56O3S. The van der Waals surface area contributed by atoms with E-state index < -0.39 is 10.1 Å². The first-order valence-electron chi connectivity index (χ1n) is 15.1. The number of rotatable bonds is 8. The first kappa shape index (κ1) is 27.9. The molecule has 4 rings (SSSR count). The van der Waals surface area contributed by atoms with Crippen LogP contribution in [0.25, 0.3) is 0 Å². The maximum Gasteiger partial charge on any atom is 0.264 e. The van der Waals surface area contributed by atoms with Crippen LogP contribution in [0.15, 0.2) is 0 Å². The Balaban J connectivity index is 1.48. The summed E-state index contributed by atoms with van der Waals surface area (Å²) in [6, 6.07) is 0. The molecule has 35 heavy (non-hydrogen) atoms. The van der Waals surface area contributed by atoms with Gasteiger partial charge in [-0.1, -0.05) is 61.3 Å². The summed E-state index contributed by atoms with van der Waals surface area (Å²) < 4.78 is 28.9. The van der Waals surface area contributed by atoms with Crippen molar-refractivity contribution in [2.45, 2.75) is 113 Å². The molecule has 4 aliphatic carbocycles. The fourth-order valence-corrected chi connectivity index (χ4v) is 11.0. The lowest BCUT2D eigenvalue weighted by molar-refractivity contribution is -0.127. The molecule has 4 fully saturated rings. The van der Waals surface area contributed by atoms with Gasteiger partial charge in [0.15, 0.2) is 0 Å². The van der Waals surface area contributed by atoms with E-state index in [0.717, 1.165) is 41.9 Å². The van der Waals surface area contributed by atoms with E-state index in [4.69, 9.17) is 4.18 Å². The third-order valence-electron chi connectivity index (χ3n) is 12.7. The van der Waals surface area contributed by atoms with Gasteiger partial charge in [0.1, 0.15) is 0 Å². The molecule has 4 heteroatoms. The molecular weight excluding hydrogens is 452 g/mol. The van der Waals surface area contributed by atoms with Crippen LogP contribution in [0, 0.1) is 70.0 Å². The average Bonchev–Trinajstić information content (AvgIpc) is 3.12. The van der Waals surface area contributed by atoms with Gasteiger partial charge in [0, 0.05) is 0 Å². The number of hydrogen-bond acceptors (Lipinski definition) is 3. The van der Waals surface area contributed by atoms with Crippen molar-refractivity contribution < 1.29 is 12.6 Å². The lowest BCUT2D eigenvalue weighted by Gasteiger charge is -2.62. The average molecular weight is 509 g/mol. The van der Waals surface area contributed by atoms with Gasteiger partial charge in [-0.2, -0.15) is 8.42 Å². The van der Waals surface area contributed by atoms with Crippen molar-refractivity contribution in [1.82, 2.24) is 0 Å². The number of hydrogen-bond donors (Lipinski definition) is 0. The molecule has 0 spiro atoms. The maximum atomic E-state index is 11.8. The Morgan fingerprint density at radius 3 is 2.17 bits per heavy atom. The Morgan fingerprint density at radius 1 is 0.857 bits per heavy atom. The molecule has 0 unspecified atom stereocenters. The molecule has 3 nitrogen and oxygen atoms in total. The van der Waals surface area contributed by atoms with Crippen LogP contribution in [0.4, 0.5) is 0 Å². The highest BCUT2D eigenvalue weighted by atomic mass is 32.2. The Hall–Kier alpha value is -0.0900. The summed E-state index contributed by atoms with van der Waals surface area (Å²) in [5.74, 6) is 7.37. The molecule has 0 radical (unpaired) electrons. The summed E-state index contributed by atoms with van der Waals surface area (Å²) in [5, 5.41) is 0. The van der Waals surface area contributed by atoms with E-state index in [1.807, 2.05) is 0 Å². The molecule has 4 aliphatic rings. The van der Waals surface area contributed by atoms with Crippen LogP contribution in [0.2, 0.25) is 0 Å². The molecule has 4 saturated carbocycles. The minimum Gasteiger partial charge on any atom is -0.270 e. The SMILES string of the molecule is CC(C)[C@@H](C)[C@@H](COS(C)(=O)=O)C[C@@H](C)[C@H]1CC[C@H]2[C@@H]3CC[C@H]4[C@H](C)CCC[C@]4(C)[C@H]3CC[C@]12C. The van der Waals surface area contributed by atoms with Crippen molar-refractivity contribution in [3.63, 3.8) is 0 Å². The minimum atomic E-state index is -3.40. The van der Waals surface area contributed by atoms with Crippen molar-refractivity contribution in [3.05, 3.63) is 0 Å². The first-order valence-corrected chi connectivity index (χ1v) is 16.9. The van der Waals surface area contributed by atoms with Crippen LogP contribution in [-0.4, -0.2) is 21.3 Å². The monoisotopic (exact) mass is 508 g/mol. The highest BCUT2D eigenvalue weighted by Gasteiger charge is 2.60. The third kappa shape index (κ3) is 5.27. The molecule has 0 amide bonds. The molecule has 0 bridgehead atoms. The van der Waals surface area contributed by atoms with Crippen molar-refractivity contribution >= 4 is 10.1 Å². The topological polar surface area (TPSA) is 43.4 Å². The zero-order chi connectivity index (χ0) is 25.8. The van der Waals surface area contributed by atoms with E-state index >= 15 is 0 Å². The summed E-state index contributed by atoms with van der Waals surface area (Å²) in [6.45, 7) is 17.5. The predicted molar refractivity (Wildman–Crippen MR) is 146 cm³/mol. The summed E-state index contributed by atoms with van der Waals surface area (Å²) in [6.07, 6.45) is 15.3. The highest BCUT2D eigenvalue weighted by molar-refractivity contribution is 7.85. The minimum absolute atomic E-state index is 0.303. The molecule has 11 atom stereocenters. The van der Waals surface area contributed by atoms with Crippen LogP contribution in [-0.2, 0) is 14.3 Å². The fraction of sp³-hybridized carbons (Fsp3) is 1.00. The zero-order valence-electron chi connectivity index (χ0n) is 24.2. The van der Waals surface area contributed by atoms with Crippen LogP contribution in [0.1, 0.15) is 113 Å².